The molecule has 26 heavy (non-hydrogen) atoms. The van der Waals surface area contributed by atoms with Crippen LogP contribution in [0.25, 0.3) is 0 Å². The Bertz CT molecular complexity index is 648. The SMILES string of the molecule is CC(C)C[C@H](CC(=O)OC(C)(C)C)C(=O)N[C@H]1c2ccccc2C[C@H]1O. The lowest BCUT2D eigenvalue weighted by Gasteiger charge is -2.25. The summed E-state index contributed by atoms with van der Waals surface area (Å²) in [6.45, 7) is 9.49. The summed E-state index contributed by atoms with van der Waals surface area (Å²) in [5, 5.41) is 13.3. The smallest absolute Gasteiger partial charge is 0.307 e. The van der Waals surface area contributed by atoms with E-state index in [1.54, 1.807) is 0 Å². The van der Waals surface area contributed by atoms with Crippen molar-refractivity contribution in [3.8, 4) is 0 Å². The first-order valence-electron chi connectivity index (χ1n) is 9.35. The first-order valence-corrected chi connectivity index (χ1v) is 9.35. The Labute approximate surface area is 156 Å². The number of carbonyl (C=O) groups excluding carboxylic acids is 2. The summed E-state index contributed by atoms with van der Waals surface area (Å²) in [6, 6.07) is 7.31. The van der Waals surface area contributed by atoms with Gasteiger partial charge in [-0.15, -0.1) is 0 Å². The topological polar surface area (TPSA) is 75.6 Å². The van der Waals surface area contributed by atoms with Gasteiger partial charge in [0.1, 0.15) is 5.60 Å². The van der Waals surface area contributed by atoms with Crippen LogP contribution in [0.1, 0.15) is 64.6 Å². The number of nitrogens with one attached hydrogen (secondary N) is 1. The van der Waals surface area contributed by atoms with E-state index >= 15 is 0 Å². The minimum absolute atomic E-state index is 0.0474. The molecule has 0 fully saturated rings. The molecule has 3 atom stereocenters. The minimum atomic E-state index is -0.641. The largest absolute Gasteiger partial charge is 0.460 e. The zero-order valence-electron chi connectivity index (χ0n) is 16.4. The Morgan fingerprint density at radius 1 is 1.27 bits per heavy atom. The average molecular weight is 361 g/mol. The molecule has 1 aliphatic rings. The van der Waals surface area contributed by atoms with Crippen molar-refractivity contribution < 1.29 is 19.4 Å². The molecule has 0 spiro atoms. The minimum Gasteiger partial charge on any atom is -0.460 e. The molecule has 0 saturated heterocycles. The van der Waals surface area contributed by atoms with Crippen LogP contribution in [0.15, 0.2) is 24.3 Å². The van der Waals surface area contributed by atoms with E-state index in [4.69, 9.17) is 4.74 Å². The lowest BCUT2D eigenvalue weighted by atomic mass is 9.92. The van der Waals surface area contributed by atoms with Gasteiger partial charge in [0.25, 0.3) is 0 Å². The summed E-state index contributed by atoms with van der Waals surface area (Å²) in [5.74, 6) is -0.769. The van der Waals surface area contributed by atoms with Crippen LogP contribution in [-0.4, -0.2) is 28.7 Å². The molecule has 1 aromatic rings. The van der Waals surface area contributed by atoms with E-state index in [2.05, 4.69) is 5.32 Å². The van der Waals surface area contributed by atoms with E-state index < -0.39 is 23.7 Å². The second kappa shape index (κ2) is 8.21. The summed E-state index contributed by atoms with van der Waals surface area (Å²) in [6.07, 6.45) is 0.529. The van der Waals surface area contributed by atoms with E-state index in [1.807, 2.05) is 58.9 Å². The third-order valence-electron chi connectivity index (χ3n) is 4.46. The first kappa shape index (κ1) is 20.4. The van der Waals surface area contributed by atoms with Crippen molar-refractivity contribution in [1.29, 1.82) is 0 Å². The Balaban J connectivity index is 2.08. The monoisotopic (exact) mass is 361 g/mol. The molecule has 1 aliphatic carbocycles. The van der Waals surface area contributed by atoms with E-state index in [0.717, 1.165) is 11.1 Å². The molecule has 0 heterocycles. The summed E-state index contributed by atoms with van der Waals surface area (Å²) in [5.41, 5.74) is 1.43. The maximum absolute atomic E-state index is 12.9. The quantitative estimate of drug-likeness (QED) is 0.763. The highest BCUT2D eigenvalue weighted by molar-refractivity contribution is 5.84. The maximum atomic E-state index is 12.9. The van der Waals surface area contributed by atoms with Crippen LogP contribution < -0.4 is 5.32 Å². The van der Waals surface area contributed by atoms with E-state index in [1.165, 1.54) is 0 Å². The van der Waals surface area contributed by atoms with E-state index in [0.29, 0.717) is 12.8 Å². The van der Waals surface area contributed by atoms with Crippen LogP contribution in [0.4, 0.5) is 0 Å². The molecule has 0 saturated carbocycles. The Morgan fingerprint density at radius 3 is 2.54 bits per heavy atom. The van der Waals surface area contributed by atoms with Crippen molar-refractivity contribution in [2.45, 2.75) is 71.6 Å². The van der Waals surface area contributed by atoms with Crippen molar-refractivity contribution in [1.82, 2.24) is 5.32 Å². The van der Waals surface area contributed by atoms with Crippen LogP contribution >= 0.6 is 0 Å². The standard InChI is InChI=1S/C21H31NO4/c1-13(2)10-15(12-18(24)26-21(3,4)5)20(25)22-19-16-9-7-6-8-14(16)11-17(19)23/h6-9,13,15,17,19,23H,10-12H2,1-5H3,(H,22,25)/t15-,17-,19+/m1/s1. The number of carbonyl (C=O) groups is 2. The molecule has 5 nitrogen and oxygen atoms in total. The molecule has 0 aliphatic heterocycles. The van der Waals surface area contributed by atoms with E-state index in [-0.39, 0.29) is 24.2 Å². The summed E-state index contributed by atoms with van der Waals surface area (Å²) >= 11 is 0. The first-order chi connectivity index (χ1) is 12.1. The van der Waals surface area contributed by atoms with Gasteiger partial charge in [0.05, 0.1) is 18.6 Å². The second-order valence-corrected chi connectivity index (χ2v) is 8.57. The van der Waals surface area contributed by atoms with Gasteiger partial charge < -0.3 is 15.2 Å². The van der Waals surface area contributed by atoms with Gasteiger partial charge in [-0.25, -0.2) is 0 Å². The third-order valence-corrected chi connectivity index (χ3v) is 4.46. The maximum Gasteiger partial charge on any atom is 0.307 e. The van der Waals surface area contributed by atoms with Crippen LogP contribution in [0.3, 0.4) is 0 Å². The Kier molecular flexibility index (Phi) is 6.45. The second-order valence-electron chi connectivity index (χ2n) is 8.57. The molecule has 0 aromatic heterocycles. The average Bonchev–Trinajstić information content (AvgIpc) is 2.80. The highest BCUT2D eigenvalue weighted by Crippen LogP contribution is 2.32. The van der Waals surface area contributed by atoms with Crippen LogP contribution in [0.5, 0.6) is 0 Å². The number of fused-ring (bicyclic) bond motifs is 1. The molecular weight excluding hydrogens is 330 g/mol. The van der Waals surface area contributed by atoms with Gasteiger partial charge >= 0.3 is 5.97 Å². The Hall–Kier alpha value is -1.88. The molecule has 2 rings (SSSR count). The van der Waals surface area contributed by atoms with Crippen molar-refractivity contribution in [2.75, 3.05) is 0 Å². The van der Waals surface area contributed by atoms with Crippen LogP contribution in [-0.2, 0) is 20.7 Å². The lowest BCUT2D eigenvalue weighted by Crippen LogP contribution is -2.39. The molecule has 1 amide bonds. The molecule has 0 radical (unpaired) electrons. The van der Waals surface area contributed by atoms with Gasteiger partial charge in [-0.3, -0.25) is 9.59 Å². The molecule has 2 N–H and O–H groups in total. The van der Waals surface area contributed by atoms with Gasteiger partial charge in [0.2, 0.25) is 5.91 Å². The van der Waals surface area contributed by atoms with Gasteiger partial charge in [-0.05, 0) is 44.2 Å². The van der Waals surface area contributed by atoms with Crippen molar-refractivity contribution in [3.05, 3.63) is 35.4 Å². The van der Waals surface area contributed by atoms with Crippen LogP contribution in [0, 0.1) is 11.8 Å². The highest BCUT2D eigenvalue weighted by Gasteiger charge is 2.34. The number of hydrogen-bond acceptors (Lipinski definition) is 4. The fourth-order valence-electron chi connectivity index (χ4n) is 3.46. The fraction of sp³-hybridized carbons (Fsp3) is 0.619. The van der Waals surface area contributed by atoms with Crippen molar-refractivity contribution >= 4 is 11.9 Å². The number of ether oxygens (including phenoxy) is 1. The predicted molar refractivity (Wildman–Crippen MR) is 100 cm³/mol. The summed E-state index contributed by atoms with van der Waals surface area (Å²) < 4.78 is 5.38. The van der Waals surface area contributed by atoms with Gasteiger partial charge in [-0.1, -0.05) is 38.1 Å². The van der Waals surface area contributed by atoms with Crippen molar-refractivity contribution in [3.63, 3.8) is 0 Å². The van der Waals surface area contributed by atoms with Crippen molar-refractivity contribution in [2.24, 2.45) is 11.8 Å². The molecular formula is C21H31NO4. The number of amides is 1. The summed E-state index contributed by atoms with van der Waals surface area (Å²) in [7, 11) is 0. The number of aliphatic hydroxyl groups excluding tert-OH is 1. The van der Waals surface area contributed by atoms with Gasteiger partial charge in [0.15, 0.2) is 0 Å². The zero-order valence-corrected chi connectivity index (χ0v) is 16.4. The number of aliphatic hydroxyl groups is 1. The normalized spacial score (nSPS) is 20.6. The number of hydrogen-bond donors (Lipinski definition) is 2. The fourth-order valence-corrected chi connectivity index (χ4v) is 3.46. The van der Waals surface area contributed by atoms with Gasteiger partial charge in [0, 0.05) is 12.3 Å². The lowest BCUT2D eigenvalue weighted by molar-refractivity contribution is -0.157. The number of rotatable bonds is 6. The number of benzene rings is 1. The highest BCUT2D eigenvalue weighted by atomic mass is 16.6. The molecule has 5 heteroatoms. The van der Waals surface area contributed by atoms with E-state index in [9.17, 15) is 14.7 Å². The van der Waals surface area contributed by atoms with Gasteiger partial charge in [-0.2, -0.15) is 0 Å². The zero-order chi connectivity index (χ0) is 19.5. The van der Waals surface area contributed by atoms with Crippen LogP contribution in [0.2, 0.25) is 0 Å². The summed E-state index contributed by atoms with van der Waals surface area (Å²) in [4.78, 5) is 25.1. The molecule has 144 valence electrons. The molecule has 0 bridgehead atoms. The predicted octanol–water partition coefficient (Wildman–Crippen LogP) is 3.16. The number of esters is 1. The Morgan fingerprint density at radius 2 is 1.92 bits per heavy atom. The molecule has 1 aromatic carbocycles. The molecule has 0 unspecified atom stereocenters. The third kappa shape index (κ3) is 5.56.